The van der Waals surface area contributed by atoms with Crippen molar-refractivity contribution >= 4 is 17.9 Å². The fourth-order valence-corrected chi connectivity index (χ4v) is 2.62. The molecule has 0 radical (unpaired) electrons. The first-order valence-corrected chi connectivity index (χ1v) is 7.76. The summed E-state index contributed by atoms with van der Waals surface area (Å²) in [4.78, 5) is 25.4. The Bertz CT molecular complexity index is 802. The van der Waals surface area contributed by atoms with E-state index in [0.29, 0.717) is 42.4 Å². The highest BCUT2D eigenvalue weighted by Gasteiger charge is 2.26. The molecule has 0 aliphatic carbocycles. The molecule has 1 aromatic carbocycles. The number of nitriles is 1. The van der Waals surface area contributed by atoms with Crippen LogP contribution < -0.4 is 14.2 Å². The number of hydrogen-bond acceptors (Lipinski definition) is 6. The summed E-state index contributed by atoms with van der Waals surface area (Å²) in [6.45, 7) is 1.15. The second-order valence-electron chi connectivity index (χ2n) is 5.39. The number of carbonyl (C=O) groups is 2. The van der Waals surface area contributed by atoms with Crippen LogP contribution in [0.4, 0.5) is 0 Å². The lowest BCUT2D eigenvalue weighted by Gasteiger charge is -2.22. The lowest BCUT2D eigenvalue weighted by atomic mass is 10.1. The fourth-order valence-electron chi connectivity index (χ4n) is 2.62. The highest BCUT2D eigenvalue weighted by molar-refractivity contribution is 6.10. The van der Waals surface area contributed by atoms with Gasteiger partial charge in [-0.15, -0.1) is 0 Å². The van der Waals surface area contributed by atoms with Crippen LogP contribution in [0.3, 0.4) is 0 Å². The number of benzene rings is 1. The van der Waals surface area contributed by atoms with E-state index in [-0.39, 0.29) is 12.1 Å². The summed E-state index contributed by atoms with van der Waals surface area (Å²) < 4.78 is 16.4. The van der Waals surface area contributed by atoms with Crippen molar-refractivity contribution in [3.63, 3.8) is 0 Å². The number of fused-ring (bicyclic) bond motifs is 1. The molecule has 128 valence electrons. The molecule has 0 bridgehead atoms. The van der Waals surface area contributed by atoms with Gasteiger partial charge in [-0.1, -0.05) is 6.08 Å². The monoisotopic (exact) mass is 340 g/mol. The van der Waals surface area contributed by atoms with Gasteiger partial charge in [0.2, 0.25) is 5.75 Å². The topological polar surface area (TPSA) is 88.9 Å². The first kappa shape index (κ1) is 16.6. The van der Waals surface area contributed by atoms with Gasteiger partial charge in [0.05, 0.1) is 7.11 Å². The van der Waals surface area contributed by atoms with E-state index in [9.17, 15) is 9.59 Å². The number of amides is 2. The lowest BCUT2D eigenvalue weighted by molar-refractivity contribution is -0.139. The van der Waals surface area contributed by atoms with Gasteiger partial charge in [0.15, 0.2) is 11.5 Å². The van der Waals surface area contributed by atoms with Gasteiger partial charge >= 0.3 is 0 Å². The first-order valence-electron chi connectivity index (χ1n) is 7.76. The Balaban J connectivity index is 1.80. The molecule has 2 amide bonds. The third-order valence-corrected chi connectivity index (χ3v) is 3.83. The molecule has 25 heavy (non-hydrogen) atoms. The minimum absolute atomic E-state index is 0.00556. The Morgan fingerprint density at radius 1 is 1.36 bits per heavy atom. The molecule has 2 aliphatic heterocycles. The third kappa shape index (κ3) is 3.33. The predicted octanol–water partition coefficient (Wildman–Crippen LogP) is 1.69. The van der Waals surface area contributed by atoms with Gasteiger partial charge in [-0.05, 0) is 30.2 Å². The second kappa shape index (κ2) is 7.09. The number of carbonyl (C=O) groups excluding carboxylic acids is 2. The smallest absolute Gasteiger partial charge is 0.271 e. The van der Waals surface area contributed by atoms with Crippen LogP contribution in [0, 0.1) is 11.3 Å². The van der Waals surface area contributed by atoms with Crippen molar-refractivity contribution in [2.45, 2.75) is 6.42 Å². The maximum atomic E-state index is 12.3. The Kier molecular flexibility index (Phi) is 4.70. The predicted molar refractivity (Wildman–Crippen MR) is 88.1 cm³/mol. The SMILES string of the molecule is COc1cc(/C=C/C(=O)N2CCC=C(C#N)C2=O)cc2c1OCCO2. The third-order valence-electron chi connectivity index (χ3n) is 3.83. The number of hydrogen-bond donors (Lipinski definition) is 0. The lowest BCUT2D eigenvalue weighted by Crippen LogP contribution is -2.39. The summed E-state index contributed by atoms with van der Waals surface area (Å²) in [5, 5.41) is 8.90. The van der Waals surface area contributed by atoms with Crippen molar-refractivity contribution in [3.8, 4) is 23.3 Å². The summed E-state index contributed by atoms with van der Waals surface area (Å²) in [7, 11) is 1.52. The zero-order valence-electron chi connectivity index (χ0n) is 13.7. The molecule has 0 N–H and O–H groups in total. The Labute approximate surface area is 144 Å². The molecule has 0 saturated heterocycles. The fraction of sp³-hybridized carbons (Fsp3) is 0.278. The molecule has 7 nitrogen and oxygen atoms in total. The number of imide groups is 1. The molecule has 2 aliphatic rings. The van der Waals surface area contributed by atoms with Gasteiger partial charge in [0.25, 0.3) is 11.8 Å². The molecule has 0 saturated carbocycles. The zero-order valence-corrected chi connectivity index (χ0v) is 13.7. The number of nitrogens with zero attached hydrogens (tertiary/aromatic N) is 2. The van der Waals surface area contributed by atoms with E-state index in [2.05, 4.69) is 0 Å². The summed E-state index contributed by atoms with van der Waals surface area (Å²) in [6, 6.07) is 5.26. The minimum Gasteiger partial charge on any atom is -0.493 e. The summed E-state index contributed by atoms with van der Waals surface area (Å²) in [6.07, 6.45) is 4.89. The van der Waals surface area contributed by atoms with E-state index in [1.807, 2.05) is 6.07 Å². The molecular formula is C18H16N2O5. The van der Waals surface area contributed by atoms with E-state index >= 15 is 0 Å². The second-order valence-corrected chi connectivity index (χ2v) is 5.39. The molecular weight excluding hydrogens is 324 g/mol. The van der Waals surface area contributed by atoms with Crippen molar-refractivity contribution in [2.75, 3.05) is 26.9 Å². The van der Waals surface area contributed by atoms with Crippen molar-refractivity contribution < 1.29 is 23.8 Å². The van der Waals surface area contributed by atoms with Gasteiger partial charge in [-0.2, -0.15) is 5.26 Å². The molecule has 1 aromatic rings. The van der Waals surface area contributed by atoms with E-state index < -0.39 is 11.8 Å². The quantitative estimate of drug-likeness (QED) is 0.778. The van der Waals surface area contributed by atoms with Gasteiger partial charge in [-0.25, -0.2) is 0 Å². The summed E-state index contributed by atoms with van der Waals surface area (Å²) >= 11 is 0. The molecule has 2 heterocycles. The average Bonchev–Trinajstić information content (AvgIpc) is 2.65. The van der Waals surface area contributed by atoms with Crippen LogP contribution in [-0.4, -0.2) is 43.6 Å². The molecule has 3 rings (SSSR count). The Morgan fingerprint density at radius 2 is 2.16 bits per heavy atom. The van der Waals surface area contributed by atoms with Crippen molar-refractivity contribution in [1.29, 1.82) is 5.26 Å². The van der Waals surface area contributed by atoms with Crippen LogP contribution in [0.5, 0.6) is 17.2 Å². The van der Waals surface area contributed by atoms with E-state index in [4.69, 9.17) is 19.5 Å². The Hall–Kier alpha value is -3.27. The highest BCUT2D eigenvalue weighted by Crippen LogP contribution is 2.40. The van der Waals surface area contributed by atoms with Crippen molar-refractivity contribution in [2.24, 2.45) is 0 Å². The van der Waals surface area contributed by atoms with Crippen LogP contribution >= 0.6 is 0 Å². The standard InChI is InChI=1S/C18H16N2O5/c1-23-14-9-12(10-15-17(14)25-8-7-24-15)4-5-16(21)20-6-2-3-13(11-19)18(20)22/h3-5,9-10H,2,6-8H2,1H3/b5-4+. The Morgan fingerprint density at radius 3 is 2.92 bits per heavy atom. The van der Waals surface area contributed by atoms with Gasteiger partial charge < -0.3 is 14.2 Å². The number of methoxy groups -OCH3 is 1. The van der Waals surface area contributed by atoms with E-state index in [0.717, 1.165) is 4.90 Å². The molecule has 0 fully saturated rings. The van der Waals surface area contributed by atoms with Crippen molar-refractivity contribution in [1.82, 2.24) is 4.90 Å². The van der Waals surface area contributed by atoms with Crippen LogP contribution in [0.25, 0.3) is 6.08 Å². The maximum absolute atomic E-state index is 12.3. The number of ether oxygens (including phenoxy) is 3. The molecule has 0 aromatic heterocycles. The highest BCUT2D eigenvalue weighted by atomic mass is 16.6. The normalized spacial score (nSPS) is 16.4. The number of rotatable bonds is 3. The molecule has 0 atom stereocenters. The van der Waals surface area contributed by atoms with Crippen LogP contribution in [0.15, 0.2) is 29.9 Å². The minimum atomic E-state index is -0.567. The summed E-state index contributed by atoms with van der Waals surface area (Å²) in [5.41, 5.74) is 0.670. The van der Waals surface area contributed by atoms with Crippen LogP contribution in [0.2, 0.25) is 0 Å². The van der Waals surface area contributed by atoms with Crippen LogP contribution in [0.1, 0.15) is 12.0 Å². The van der Waals surface area contributed by atoms with Crippen molar-refractivity contribution in [3.05, 3.63) is 35.4 Å². The molecule has 0 unspecified atom stereocenters. The molecule has 0 spiro atoms. The van der Waals surface area contributed by atoms with E-state index in [1.165, 1.54) is 13.2 Å². The van der Waals surface area contributed by atoms with E-state index in [1.54, 1.807) is 24.3 Å². The van der Waals surface area contributed by atoms with Gasteiger partial charge in [0.1, 0.15) is 24.9 Å². The summed E-state index contributed by atoms with van der Waals surface area (Å²) in [5.74, 6) is 0.546. The van der Waals surface area contributed by atoms with Gasteiger partial charge in [-0.3, -0.25) is 14.5 Å². The largest absolute Gasteiger partial charge is 0.493 e. The maximum Gasteiger partial charge on any atom is 0.271 e. The first-order chi connectivity index (χ1) is 12.1. The van der Waals surface area contributed by atoms with Crippen LogP contribution in [-0.2, 0) is 9.59 Å². The van der Waals surface area contributed by atoms with Gasteiger partial charge in [0, 0.05) is 12.6 Å². The molecule has 7 heteroatoms. The average molecular weight is 340 g/mol. The zero-order chi connectivity index (χ0) is 17.8.